The number of rotatable bonds is 4. The standard InChI is InChI=1S/C15H6BrClF3N3O3S/c16-9-4-2-1-3-7(9)13-21-22-14(26-13)27-12-6-10(17)8(15(18,19)20)5-11(12)23(24)25/h1-6H. The van der Waals surface area contributed by atoms with Crippen molar-refractivity contribution in [2.75, 3.05) is 0 Å². The maximum atomic E-state index is 12.9. The Hall–Kier alpha value is -2.11. The molecule has 27 heavy (non-hydrogen) atoms. The second-order valence-corrected chi connectivity index (χ2v) is 7.26. The average molecular weight is 481 g/mol. The Labute approximate surface area is 167 Å². The molecule has 2 aromatic carbocycles. The summed E-state index contributed by atoms with van der Waals surface area (Å²) in [7, 11) is 0. The number of nitro groups is 1. The van der Waals surface area contributed by atoms with Crippen LogP contribution in [-0.2, 0) is 6.18 Å². The quantitative estimate of drug-likeness (QED) is 0.325. The molecule has 0 saturated heterocycles. The fourth-order valence-electron chi connectivity index (χ4n) is 2.07. The van der Waals surface area contributed by atoms with Crippen molar-refractivity contribution in [1.29, 1.82) is 0 Å². The number of alkyl halides is 3. The van der Waals surface area contributed by atoms with Crippen LogP contribution in [0.3, 0.4) is 0 Å². The van der Waals surface area contributed by atoms with Crippen molar-refractivity contribution in [2.24, 2.45) is 0 Å². The molecule has 1 aromatic heterocycles. The summed E-state index contributed by atoms with van der Waals surface area (Å²) in [4.78, 5) is 10.1. The van der Waals surface area contributed by atoms with Crippen LogP contribution in [0.1, 0.15) is 5.56 Å². The maximum Gasteiger partial charge on any atom is 0.418 e. The molecule has 0 radical (unpaired) electrons. The van der Waals surface area contributed by atoms with E-state index in [1.165, 1.54) is 0 Å². The summed E-state index contributed by atoms with van der Waals surface area (Å²) in [6.07, 6.45) is -4.82. The van der Waals surface area contributed by atoms with Gasteiger partial charge in [0.15, 0.2) is 0 Å². The highest BCUT2D eigenvalue weighted by atomic mass is 79.9. The molecule has 3 rings (SSSR count). The van der Waals surface area contributed by atoms with Crippen LogP contribution in [0.25, 0.3) is 11.5 Å². The molecule has 0 amide bonds. The van der Waals surface area contributed by atoms with Gasteiger partial charge in [-0.2, -0.15) is 13.2 Å². The van der Waals surface area contributed by atoms with E-state index in [4.69, 9.17) is 16.0 Å². The molecule has 140 valence electrons. The third-order valence-corrected chi connectivity index (χ3v) is 5.15. The Bertz CT molecular complexity index is 1030. The smallest absolute Gasteiger partial charge is 0.411 e. The topological polar surface area (TPSA) is 82.1 Å². The predicted octanol–water partition coefficient (Wildman–Crippen LogP) is 6.23. The van der Waals surface area contributed by atoms with E-state index in [2.05, 4.69) is 26.1 Å². The molecule has 6 nitrogen and oxygen atoms in total. The third-order valence-electron chi connectivity index (χ3n) is 3.26. The number of hydrogen-bond donors (Lipinski definition) is 0. The van der Waals surface area contributed by atoms with E-state index in [-0.39, 0.29) is 16.0 Å². The lowest BCUT2D eigenvalue weighted by Crippen LogP contribution is -2.07. The molecule has 0 aliphatic heterocycles. The van der Waals surface area contributed by atoms with Crippen LogP contribution in [0.4, 0.5) is 18.9 Å². The van der Waals surface area contributed by atoms with Crippen molar-refractivity contribution in [3.63, 3.8) is 0 Å². The zero-order chi connectivity index (χ0) is 19.8. The lowest BCUT2D eigenvalue weighted by atomic mass is 10.2. The fraction of sp³-hybridized carbons (Fsp3) is 0.0667. The number of hydrogen-bond acceptors (Lipinski definition) is 6. The van der Waals surface area contributed by atoms with Gasteiger partial charge >= 0.3 is 6.18 Å². The molecule has 0 bridgehead atoms. The molecule has 1 heterocycles. The minimum absolute atomic E-state index is 0.0836. The highest BCUT2D eigenvalue weighted by Gasteiger charge is 2.36. The minimum Gasteiger partial charge on any atom is -0.411 e. The molecule has 0 atom stereocenters. The highest BCUT2D eigenvalue weighted by Crippen LogP contribution is 2.43. The Morgan fingerprint density at radius 3 is 2.56 bits per heavy atom. The first kappa shape index (κ1) is 19.6. The van der Waals surface area contributed by atoms with Gasteiger partial charge in [-0.1, -0.05) is 23.7 Å². The van der Waals surface area contributed by atoms with Gasteiger partial charge in [-0.25, -0.2) is 0 Å². The second-order valence-electron chi connectivity index (χ2n) is 5.01. The van der Waals surface area contributed by atoms with Crippen LogP contribution >= 0.6 is 39.3 Å². The summed E-state index contributed by atoms with van der Waals surface area (Å²) in [6, 6.07) is 8.24. The number of nitro benzene ring substituents is 1. The van der Waals surface area contributed by atoms with Crippen LogP contribution in [0.2, 0.25) is 5.02 Å². The van der Waals surface area contributed by atoms with Crippen LogP contribution in [0.5, 0.6) is 0 Å². The first-order valence-electron chi connectivity index (χ1n) is 6.98. The van der Waals surface area contributed by atoms with Gasteiger partial charge in [-0.3, -0.25) is 10.1 Å². The van der Waals surface area contributed by atoms with E-state index >= 15 is 0 Å². The zero-order valence-electron chi connectivity index (χ0n) is 12.8. The maximum absolute atomic E-state index is 12.9. The second kappa shape index (κ2) is 7.49. The number of nitrogens with zero attached hydrogens (tertiary/aromatic N) is 3. The van der Waals surface area contributed by atoms with Gasteiger partial charge in [0.25, 0.3) is 10.9 Å². The lowest BCUT2D eigenvalue weighted by molar-refractivity contribution is -0.388. The number of benzene rings is 2. The molecule has 0 fully saturated rings. The van der Waals surface area contributed by atoms with E-state index in [9.17, 15) is 23.3 Å². The Balaban J connectivity index is 1.98. The van der Waals surface area contributed by atoms with Crippen molar-refractivity contribution in [3.05, 3.63) is 61.6 Å². The van der Waals surface area contributed by atoms with Crippen molar-refractivity contribution < 1.29 is 22.5 Å². The molecule has 3 aromatic rings. The molecular formula is C15H6BrClF3N3O3S. The molecule has 0 unspecified atom stereocenters. The summed E-state index contributed by atoms with van der Waals surface area (Å²) in [5.41, 5.74) is -1.46. The van der Waals surface area contributed by atoms with Gasteiger partial charge < -0.3 is 4.42 Å². The van der Waals surface area contributed by atoms with Gasteiger partial charge in [0, 0.05) is 10.5 Å². The molecule has 0 aliphatic carbocycles. The van der Waals surface area contributed by atoms with Crippen LogP contribution in [-0.4, -0.2) is 15.1 Å². The van der Waals surface area contributed by atoms with Gasteiger partial charge in [0.05, 0.1) is 26.0 Å². The molecule has 0 N–H and O–H groups in total. The van der Waals surface area contributed by atoms with Gasteiger partial charge in [-0.05, 0) is 45.9 Å². The van der Waals surface area contributed by atoms with E-state index in [0.29, 0.717) is 27.9 Å². The van der Waals surface area contributed by atoms with Crippen molar-refractivity contribution in [2.45, 2.75) is 16.3 Å². The minimum atomic E-state index is -4.82. The summed E-state index contributed by atoms with van der Waals surface area (Å²) < 4.78 is 44.9. The number of aromatic nitrogens is 2. The monoisotopic (exact) mass is 479 g/mol. The fourth-order valence-corrected chi connectivity index (χ4v) is 3.67. The largest absolute Gasteiger partial charge is 0.418 e. The van der Waals surface area contributed by atoms with Crippen LogP contribution in [0, 0.1) is 10.1 Å². The Morgan fingerprint density at radius 2 is 1.93 bits per heavy atom. The molecule has 12 heteroatoms. The first-order chi connectivity index (χ1) is 12.7. The van der Waals surface area contributed by atoms with Crippen LogP contribution in [0.15, 0.2) is 55.4 Å². The van der Waals surface area contributed by atoms with Crippen molar-refractivity contribution in [1.82, 2.24) is 10.2 Å². The summed E-state index contributed by atoms with van der Waals surface area (Å²) >= 11 is 9.63. The molecule has 0 saturated carbocycles. The molecule has 0 aliphatic rings. The van der Waals surface area contributed by atoms with Gasteiger partial charge in [0.1, 0.15) is 0 Å². The first-order valence-corrected chi connectivity index (χ1v) is 8.97. The number of halogens is 5. The third kappa shape index (κ3) is 4.25. The lowest BCUT2D eigenvalue weighted by Gasteiger charge is -2.10. The Kier molecular flexibility index (Phi) is 5.45. The van der Waals surface area contributed by atoms with E-state index < -0.39 is 27.4 Å². The SMILES string of the molecule is O=[N+]([O-])c1cc(C(F)(F)F)c(Cl)cc1Sc1nnc(-c2ccccc2Br)o1. The normalized spacial score (nSPS) is 11.6. The zero-order valence-corrected chi connectivity index (χ0v) is 16.0. The average Bonchev–Trinajstić information content (AvgIpc) is 3.02. The van der Waals surface area contributed by atoms with E-state index in [1.54, 1.807) is 24.3 Å². The molecular weight excluding hydrogens is 475 g/mol. The van der Waals surface area contributed by atoms with Crippen LogP contribution < -0.4 is 0 Å². The van der Waals surface area contributed by atoms with Crippen molar-refractivity contribution in [3.8, 4) is 11.5 Å². The van der Waals surface area contributed by atoms with E-state index in [1.807, 2.05) is 0 Å². The highest BCUT2D eigenvalue weighted by molar-refractivity contribution is 9.10. The van der Waals surface area contributed by atoms with Gasteiger partial charge in [0.2, 0.25) is 5.89 Å². The summed E-state index contributed by atoms with van der Waals surface area (Å²) in [5.74, 6) is 0.144. The predicted molar refractivity (Wildman–Crippen MR) is 94.7 cm³/mol. The summed E-state index contributed by atoms with van der Waals surface area (Å²) in [5, 5.41) is 18.0. The van der Waals surface area contributed by atoms with Gasteiger partial charge in [-0.15, -0.1) is 10.2 Å². The van der Waals surface area contributed by atoms with E-state index in [0.717, 1.165) is 6.07 Å². The van der Waals surface area contributed by atoms with Crippen molar-refractivity contribution >= 4 is 45.0 Å². The Morgan fingerprint density at radius 1 is 1.22 bits per heavy atom. The summed E-state index contributed by atoms with van der Waals surface area (Å²) in [6.45, 7) is 0. The molecule has 0 spiro atoms.